The first-order chi connectivity index (χ1) is 17.0. The Hall–Kier alpha value is -3.84. The first-order valence-corrected chi connectivity index (χ1v) is 11.8. The Morgan fingerprint density at radius 3 is 2.23 bits per heavy atom. The molecule has 180 valence electrons. The molecule has 5 rings (SSSR count). The standard InChI is InChI=1S/C28H29N3O4/c1-18-3-5-19(6-4-18)20-7-9-21(10-8-20)27-24-15-30(16-26(33)31(24)25(27)17-32)28(34)29-22-11-13-23(35-2)14-12-22/h3-14,24-25,27,32H,15-17H2,1-2H3,(H,29,34)/t24-,25+,27-/m0/s1. The van der Waals surface area contributed by atoms with Gasteiger partial charge in [0.25, 0.3) is 0 Å². The number of fused-ring (bicyclic) bond motifs is 1. The van der Waals surface area contributed by atoms with Gasteiger partial charge in [-0.2, -0.15) is 0 Å². The predicted molar refractivity (Wildman–Crippen MR) is 134 cm³/mol. The Morgan fingerprint density at radius 1 is 1.00 bits per heavy atom. The van der Waals surface area contributed by atoms with Crippen molar-refractivity contribution in [1.82, 2.24) is 9.80 Å². The summed E-state index contributed by atoms with van der Waals surface area (Å²) in [5.74, 6) is 0.526. The van der Waals surface area contributed by atoms with Crippen molar-refractivity contribution in [2.24, 2.45) is 0 Å². The van der Waals surface area contributed by atoms with E-state index in [1.165, 1.54) is 5.56 Å². The fourth-order valence-corrected chi connectivity index (χ4v) is 5.17. The van der Waals surface area contributed by atoms with Gasteiger partial charge in [0.15, 0.2) is 0 Å². The van der Waals surface area contributed by atoms with Gasteiger partial charge in [-0.05, 0) is 47.9 Å². The molecule has 0 radical (unpaired) electrons. The molecule has 0 spiro atoms. The van der Waals surface area contributed by atoms with E-state index < -0.39 is 0 Å². The molecule has 2 N–H and O–H groups in total. The number of urea groups is 1. The Labute approximate surface area is 204 Å². The highest BCUT2D eigenvalue weighted by Gasteiger charge is 2.54. The number of nitrogens with zero attached hydrogens (tertiary/aromatic N) is 2. The molecule has 0 aromatic heterocycles. The Kier molecular flexibility index (Phi) is 6.17. The fraction of sp³-hybridized carbons (Fsp3) is 0.286. The number of anilines is 1. The van der Waals surface area contributed by atoms with E-state index >= 15 is 0 Å². The number of nitrogens with one attached hydrogen (secondary N) is 1. The van der Waals surface area contributed by atoms with E-state index in [1.54, 1.807) is 41.2 Å². The molecule has 2 heterocycles. The first-order valence-electron chi connectivity index (χ1n) is 11.8. The van der Waals surface area contributed by atoms with Crippen LogP contribution in [0.3, 0.4) is 0 Å². The molecule has 0 aliphatic carbocycles. The van der Waals surface area contributed by atoms with Gasteiger partial charge in [-0.3, -0.25) is 4.79 Å². The molecular formula is C28H29N3O4. The highest BCUT2D eigenvalue weighted by Crippen LogP contribution is 2.43. The van der Waals surface area contributed by atoms with E-state index in [2.05, 4.69) is 60.8 Å². The molecule has 3 aromatic rings. The van der Waals surface area contributed by atoms with Crippen LogP contribution in [0.25, 0.3) is 11.1 Å². The van der Waals surface area contributed by atoms with Crippen LogP contribution in [0.15, 0.2) is 72.8 Å². The maximum Gasteiger partial charge on any atom is 0.322 e. The maximum atomic E-state index is 12.9. The summed E-state index contributed by atoms with van der Waals surface area (Å²) < 4.78 is 5.16. The molecule has 35 heavy (non-hydrogen) atoms. The van der Waals surface area contributed by atoms with Crippen molar-refractivity contribution in [2.75, 3.05) is 32.1 Å². The topological polar surface area (TPSA) is 82.1 Å². The van der Waals surface area contributed by atoms with Gasteiger partial charge in [0.05, 0.1) is 25.8 Å². The monoisotopic (exact) mass is 471 g/mol. The summed E-state index contributed by atoms with van der Waals surface area (Å²) in [4.78, 5) is 29.1. The van der Waals surface area contributed by atoms with Gasteiger partial charge < -0.3 is 25.0 Å². The summed E-state index contributed by atoms with van der Waals surface area (Å²) in [6.07, 6.45) is 0. The number of amides is 3. The van der Waals surface area contributed by atoms with Crippen LogP contribution in [-0.2, 0) is 4.79 Å². The van der Waals surface area contributed by atoms with Crippen LogP contribution in [0.4, 0.5) is 10.5 Å². The van der Waals surface area contributed by atoms with Crippen molar-refractivity contribution in [3.63, 3.8) is 0 Å². The van der Waals surface area contributed by atoms with Crippen LogP contribution in [0.1, 0.15) is 17.0 Å². The number of aliphatic hydroxyl groups is 1. The molecule has 3 atom stereocenters. The third-order valence-corrected chi connectivity index (χ3v) is 7.06. The van der Waals surface area contributed by atoms with Gasteiger partial charge in [-0.1, -0.05) is 54.1 Å². The zero-order valence-electron chi connectivity index (χ0n) is 19.8. The highest BCUT2D eigenvalue weighted by molar-refractivity contribution is 5.93. The fourth-order valence-electron chi connectivity index (χ4n) is 5.17. The molecule has 2 saturated heterocycles. The molecular weight excluding hydrogens is 442 g/mol. The van der Waals surface area contributed by atoms with Crippen LogP contribution >= 0.6 is 0 Å². The van der Waals surface area contributed by atoms with E-state index in [1.807, 2.05) is 0 Å². The minimum atomic E-state index is -0.316. The summed E-state index contributed by atoms with van der Waals surface area (Å²) in [5.41, 5.74) is 5.17. The number of carbonyl (C=O) groups is 2. The van der Waals surface area contributed by atoms with E-state index in [0.29, 0.717) is 18.0 Å². The summed E-state index contributed by atoms with van der Waals surface area (Å²) in [5, 5.41) is 12.9. The lowest BCUT2D eigenvalue weighted by Crippen LogP contribution is -2.73. The molecule has 2 aliphatic heterocycles. The van der Waals surface area contributed by atoms with Crippen molar-refractivity contribution in [1.29, 1.82) is 0 Å². The van der Waals surface area contributed by atoms with E-state index in [-0.39, 0.29) is 43.1 Å². The van der Waals surface area contributed by atoms with Gasteiger partial charge in [0.1, 0.15) is 12.3 Å². The van der Waals surface area contributed by atoms with Gasteiger partial charge in [-0.25, -0.2) is 4.79 Å². The number of ether oxygens (including phenoxy) is 1. The molecule has 2 fully saturated rings. The Bertz CT molecular complexity index is 1210. The van der Waals surface area contributed by atoms with Crippen LogP contribution in [0.2, 0.25) is 0 Å². The normalized spacial score (nSPS) is 21.2. The predicted octanol–water partition coefficient (Wildman–Crippen LogP) is 3.87. The van der Waals surface area contributed by atoms with Gasteiger partial charge in [-0.15, -0.1) is 0 Å². The van der Waals surface area contributed by atoms with Gasteiger partial charge in [0.2, 0.25) is 5.91 Å². The van der Waals surface area contributed by atoms with Crippen molar-refractivity contribution in [2.45, 2.75) is 24.9 Å². The van der Waals surface area contributed by atoms with Crippen LogP contribution < -0.4 is 10.1 Å². The lowest BCUT2D eigenvalue weighted by atomic mass is 9.73. The molecule has 0 unspecified atom stereocenters. The van der Waals surface area contributed by atoms with Crippen LogP contribution in [0.5, 0.6) is 5.75 Å². The minimum Gasteiger partial charge on any atom is -0.497 e. The van der Waals surface area contributed by atoms with Crippen molar-refractivity contribution in [3.05, 3.63) is 83.9 Å². The lowest BCUT2D eigenvalue weighted by molar-refractivity contribution is -0.159. The number of aryl methyl sites for hydroxylation is 1. The molecule has 3 amide bonds. The van der Waals surface area contributed by atoms with E-state index in [0.717, 1.165) is 16.7 Å². The van der Waals surface area contributed by atoms with Crippen LogP contribution in [-0.4, -0.2) is 65.7 Å². The van der Waals surface area contributed by atoms with Crippen molar-refractivity contribution in [3.8, 4) is 16.9 Å². The third kappa shape index (κ3) is 4.35. The molecule has 7 heteroatoms. The van der Waals surface area contributed by atoms with Gasteiger partial charge in [0, 0.05) is 18.2 Å². The second-order valence-corrected chi connectivity index (χ2v) is 9.17. The maximum absolute atomic E-state index is 12.9. The zero-order valence-corrected chi connectivity index (χ0v) is 19.8. The number of piperazine rings is 1. The van der Waals surface area contributed by atoms with E-state index in [4.69, 9.17) is 4.74 Å². The summed E-state index contributed by atoms with van der Waals surface area (Å²) in [6.45, 7) is 2.36. The Morgan fingerprint density at radius 2 is 1.63 bits per heavy atom. The second-order valence-electron chi connectivity index (χ2n) is 9.17. The SMILES string of the molecule is COc1ccc(NC(=O)N2CC(=O)N3[C@H](CO)[C@@H](c4ccc(-c5ccc(C)cc5)cc4)[C@@H]3C2)cc1. The second kappa shape index (κ2) is 9.43. The van der Waals surface area contributed by atoms with Crippen molar-refractivity contribution < 1.29 is 19.4 Å². The quantitative estimate of drug-likeness (QED) is 0.592. The molecule has 0 saturated carbocycles. The number of hydrogen-bond donors (Lipinski definition) is 2. The molecule has 2 aliphatic rings. The summed E-state index contributed by atoms with van der Waals surface area (Å²) >= 11 is 0. The zero-order chi connectivity index (χ0) is 24.5. The Balaban J connectivity index is 1.32. The number of hydrogen-bond acceptors (Lipinski definition) is 4. The number of aliphatic hydroxyl groups excluding tert-OH is 1. The first kappa shape index (κ1) is 22.9. The summed E-state index contributed by atoms with van der Waals surface area (Å²) in [6, 6.07) is 23.0. The van der Waals surface area contributed by atoms with Crippen molar-refractivity contribution >= 4 is 17.6 Å². The van der Waals surface area contributed by atoms with Crippen LogP contribution in [0, 0.1) is 6.92 Å². The minimum absolute atomic E-state index is 0.00588. The third-order valence-electron chi connectivity index (χ3n) is 7.06. The number of rotatable bonds is 5. The lowest BCUT2D eigenvalue weighted by Gasteiger charge is -2.58. The molecule has 0 bridgehead atoms. The average molecular weight is 472 g/mol. The largest absolute Gasteiger partial charge is 0.497 e. The van der Waals surface area contributed by atoms with Gasteiger partial charge >= 0.3 is 6.03 Å². The van der Waals surface area contributed by atoms with E-state index in [9.17, 15) is 14.7 Å². The highest BCUT2D eigenvalue weighted by atomic mass is 16.5. The molecule has 3 aromatic carbocycles. The number of methoxy groups -OCH3 is 1. The molecule has 7 nitrogen and oxygen atoms in total. The summed E-state index contributed by atoms with van der Waals surface area (Å²) in [7, 11) is 1.59. The number of benzene rings is 3. The smallest absolute Gasteiger partial charge is 0.322 e. The number of carbonyl (C=O) groups excluding carboxylic acids is 2. The average Bonchev–Trinajstić information content (AvgIpc) is 2.86.